The average Bonchev–Trinajstić information content (AvgIpc) is 2.42. The molecular weight excluding hydrogens is 486 g/mol. The predicted octanol–water partition coefficient (Wildman–Crippen LogP) is 4.83. The maximum atomic E-state index is 12.1. The molecule has 2 aromatic carbocycles. The summed E-state index contributed by atoms with van der Waals surface area (Å²) in [4.78, 5) is 12.1. The molecule has 0 unspecified atom stereocenters. The minimum Gasteiger partial charge on any atom is -0.331 e. The zero-order valence-electron chi connectivity index (χ0n) is 10.5. The lowest BCUT2D eigenvalue weighted by Gasteiger charge is -2.11. The van der Waals surface area contributed by atoms with Gasteiger partial charge < -0.3 is 5.32 Å². The molecule has 0 aliphatic rings. The van der Waals surface area contributed by atoms with Gasteiger partial charge in [0.1, 0.15) is 0 Å². The maximum Gasteiger partial charge on any atom is 0.257 e. The fraction of sp³-hybridized carbons (Fsp3) is 0. The lowest BCUT2D eigenvalue weighted by molar-refractivity contribution is 0.0977. The van der Waals surface area contributed by atoms with Gasteiger partial charge in [-0.2, -0.15) is 0 Å². The molecule has 0 atom stereocenters. The average molecular weight is 496 g/mol. The van der Waals surface area contributed by atoms with Crippen molar-refractivity contribution in [1.29, 1.82) is 0 Å². The van der Waals surface area contributed by atoms with E-state index < -0.39 is 0 Å². The Bertz CT molecular complexity index is 711. The molecular formula is C14H9BrClIN2OS. The Morgan fingerprint density at radius 3 is 2.67 bits per heavy atom. The van der Waals surface area contributed by atoms with Crippen LogP contribution >= 0.6 is 62.3 Å². The number of hydrogen-bond donors (Lipinski definition) is 2. The van der Waals surface area contributed by atoms with Crippen LogP contribution in [0.15, 0.2) is 46.9 Å². The van der Waals surface area contributed by atoms with Gasteiger partial charge in [-0.1, -0.05) is 33.6 Å². The number of anilines is 1. The van der Waals surface area contributed by atoms with Gasteiger partial charge in [0.15, 0.2) is 5.11 Å². The van der Waals surface area contributed by atoms with Crippen LogP contribution in [0.1, 0.15) is 10.4 Å². The summed E-state index contributed by atoms with van der Waals surface area (Å²) in [5.41, 5.74) is 1.18. The minimum atomic E-state index is -0.265. The molecule has 0 aromatic heterocycles. The van der Waals surface area contributed by atoms with E-state index in [9.17, 15) is 4.79 Å². The molecule has 1 amide bonds. The van der Waals surface area contributed by atoms with E-state index in [0.717, 1.165) is 8.04 Å². The summed E-state index contributed by atoms with van der Waals surface area (Å²) in [6.45, 7) is 0. The Kier molecular flexibility index (Phi) is 5.98. The summed E-state index contributed by atoms with van der Waals surface area (Å²) in [7, 11) is 0. The Balaban J connectivity index is 2.03. The third kappa shape index (κ3) is 4.91. The predicted molar refractivity (Wildman–Crippen MR) is 102 cm³/mol. The molecule has 0 saturated carbocycles. The summed E-state index contributed by atoms with van der Waals surface area (Å²) in [6.07, 6.45) is 0. The van der Waals surface area contributed by atoms with Crippen molar-refractivity contribution in [3.63, 3.8) is 0 Å². The van der Waals surface area contributed by atoms with Gasteiger partial charge in [-0.25, -0.2) is 0 Å². The molecule has 3 nitrogen and oxygen atoms in total. The summed E-state index contributed by atoms with van der Waals surface area (Å²) < 4.78 is 1.85. The first-order chi connectivity index (χ1) is 9.95. The molecule has 2 N–H and O–H groups in total. The second kappa shape index (κ2) is 7.53. The van der Waals surface area contributed by atoms with Crippen molar-refractivity contribution in [2.45, 2.75) is 0 Å². The first kappa shape index (κ1) is 16.7. The molecule has 0 fully saturated rings. The fourth-order valence-electron chi connectivity index (χ4n) is 1.55. The van der Waals surface area contributed by atoms with Gasteiger partial charge in [0.2, 0.25) is 0 Å². The van der Waals surface area contributed by atoms with Gasteiger partial charge in [-0.3, -0.25) is 10.1 Å². The van der Waals surface area contributed by atoms with Gasteiger partial charge >= 0.3 is 0 Å². The molecule has 108 valence electrons. The van der Waals surface area contributed by atoms with Crippen LogP contribution < -0.4 is 10.6 Å². The first-order valence-corrected chi connectivity index (χ1v) is 8.44. The van der Waals surface area contributed by atoms with E-state index in [-0.39, 0.29) is 11.0 Å². The lowest BCUT2D eigenvalue weighted by Crippen LogP contribution is -2.34. The van der Waals surface area contributed by atoms with Crippen molar-refractivity contribution in [2.24, 2.45) is 0 Å². The summed E-state index contributed by atoms with van der Waals surface area (Å²) in [5.74, 6) is -0.265. The van der Waals surface area contributed by atoms with Crippen molar-refractivity contribution < 1.29 is 4.79 Å². The molecule has 0 aliphatic carbocycles. The van der Waals surface area contributed by atoms with Crippen LogP contribution in [0.3, 0.4) is 0 Å². The lowest BCUT2D eigenvalue weighted by atomic mass is 10.2. The van der Waals surface area contributed by atoms with Crippen molar-refractivity contribution in [2.75, 3.05) is 5.32 Å². The number of nitrogens with one attached hydrogen (secondary N) is 2. The minimum absolute atomic E-state index is 0.197. The number of amides is 1. The van der Waals surface area contributed by atoms with Gasteiger partial charge in [0, 0.05) is 13.6 Å². The largest absolute Gasteiger partial charge is 0.331 e. The highest BCUT2D eigenvalue weighted by Gasteiger charge is 2.09. The van der Waals surface area contributed by atoms with Crippen LogP contribution in [-0.4, -0.2) is 11.0 Å². The second-order valence-electron chi connectivity index (χ2n) is 4.04. The second-order valence-corrected chi connectivity index (χ2v) is 7.02. The third-order valence-electron chi connectivity index (χ3n) is 2.49. The van der Waals surface area contributed by atoms with Crippen LogP contribution in [0.25, 0.3) is 0 Å². The van der Waals surface area contributed by atoms with Gasteiger partial charge in [-0.05, 0) is 71.2 Å². The highest BCUT2D eigenvalue weighted by molar-refractivity contribution is 14.1. The highest BCUT2D eigenvalue weighted by Crippen LogP contribution is 2.25. The number of halogens is 3. The molecule has 7 heteroatoms. The smallest absolute Gasteiger partial charge is 0.257 e. The zero-order valence-corrected chi connectivity index (χ0v) is 15.8. The molecule has 21 heavy (non-hydrogen) atoms. The molecule has 0 heterocycles. The Morgan fingerprint density at radius 2 is 2.00 bits per heavy atom. The van der Waals surface area contributed by atoms with Crippen LogP contribution in [0, 0.1) is 3.57 Å². The van der Waals surface area contributed by atoms with Crippen molar-refractivity contribution in [3.05, 3.63) is 61.1 Å². The molecule has 2 rings (SSSR count). The number of carbonyl (C=O) groups excluding carboxylic acids is 1. The summed E-state index contributed by atoms with van der Waals surface area (Å²) in [6, 6.07) is 12.6. The van der Waals surface area contributed by atoms with Gasteiger partial charge in [0.25, 0.3) is 5.91 Å². The quantitative estimate of drug-likeness (QED) is 0.463. The maximum absolute atomic E-state index is 12.1. The SMILES string of the molecule is O=C(NC(=S)Nc1ccc(Br)cc1Cl)c1cccc(I)c1. The van der Waals surface area contributed by atoms with E-state index in [2.05, 4.69) is 49.2 Å². The molecule has 0 saturated heterocycles. The number of hydrogen-bond acceptors (Lipinski definition) is 2. The monoisotopic (exact) mass is 494 g/mol. The Morgan fingerprint density at radius 1 is 1.24 bits per heavy atom. The number of carbonyl (C=O) groups is 1. The summed E-state index contributed by atoms with van der Waals surface area (Å²) >= 11 is 16.7. The van der Waals surface area contributed by atoms with Crippen molar-refractivity contribution >= 4 is 79.0 Å². The third-order valence-corrected chi connectivity index (χ3v) is 4.17. The fourth-order valence-corrected chi connectivity index (χ4v) is 3.02. The number of benzene rings is 2. The van der Waals surface area contributed by atoms with Crippen LogP contribution in [0.2, 0.25) is 5.02 Å². The van der Waals surface area contributed by atoms with Crippen LogP contribution in [0.4, 0.5) is 5.69 Å². The zero-order chi connectivity index (χ0) is 15.4. The number of thiocarbonyl (C=S) groups is 1. The normalized spacial score (nSPS) is 10.0. The van der Waals surface area contributed by atoms with Gasteiger partial charge in [0.05, 0.1) is 10.7 Å². The highest BCUT2D eigenvalue weighted by atomic mass is 127. The Hall–Kier alpha value is -0.700. The number of rotatable bonds is 2. The van der Waals surface area contributed by atoms with Gasteiger partial charge in [-0.15, -0.1) is 0 Å². The first-order valence-electron chi connectivity index (χ1n) is 5.78. The van der Waals surface area contributed by atoms with Crippen molar-refractivity contribution in [1.82, 2.24) is 5.32 Å². The van der Waals surface area contributed by atoms with E-state index in [4.69, 9.17) is 23.8 Å². The van der Waals surface area contributed by atoms with E-state index in [1.54, 1.807) is 24.3 Å². The molecule has 0 radical (unpaired) electrons. The van der Waals surface area contributed by atoms with E-state index >= 15 is 0 Å². The van der Waals surface area contributed by atoms with E-state index in [0.29, 0.717) is 16.3 Å². The standard InChI is InChI=1S/C14H9BrClIN2OS/c15-9-4-5-12(11(16)7-9)18-14(21)19-13(20)8-2-1-3-10(17)6-8/h1-7H,(H2,18,19,20,21). The molecule has 0 spiro atoms. The Labute approximate surface area is 154 Å². The topological polar surface area (TPSA) is 41.1 Å². The molecule has 2 aromatic rings. The molecule has 0 bridgehead atoms. The molecule has 0 aliphatic heterocycles. The van der Waals surface area contributed by atoms with E-state index in [1.807, 2.05) is 18.2 Å². The van der Waals surface area contributed by atoms with E-state index in [1.165, 1.54) is 0 Å². The summed E-state index contributed by atoms with van der Waals surface area (Å²) in [5, 5.41) is 6.23. The van der Waals surface area contributed by atoms with Crippen molar-refractivity contribution in [3.8, 4) is 0 Å². The van der Waals surface area contributed by atoms with Crippen LogP contribution in [-0.2, 0) is 0 Å². The van der Waals surface area contributed by atoms with Crippen LogP contribution in [0.5, 0.6) is 0 Å².